The van der Waals surface area contributed by atoms with E-state index < -0.39 is 10.0 Å². The molecule has 0 spiro atoms. The van der Waals surface area contributed by atoms with Crippen LogP contribution in [0.15, 0.2) is 40.8 Å². The number of aromatic hydroxyl groups is 1. The first-order valence-electron chi connectivity index (χ1n) is 5.45. The molecule has 0 saturated carbocycles. The third-order valence-electron chi connectivity index (χ3n) is 2.88. The van der Waals surface area contributed by atoms with Gasteiger partial charge in [-0.3, -0.25) is 0 Å². The van der Waals surface area contributed by atoms with Crippen LogP contribution < -0.4 is 0 Å². The molecule has 1 aliphatic heterocycles. The highest BCUT2D eigenvalue weighted by Crippen LogP contribution is 2.26. The van der Waals surface area contributed by atoms with Crippen molar-refractivity contribution in [3.05, 3.63) is 35.9 Å². The Bertz CT molecular complexity index is 549. The number of nitrogens with zero attached hydrogens (tertiary/aromatic N) is 1. The van der Waals surface area contributed by atoms with Crippen molar-refractivity contribution >= 4 is 10.0 Å². The van der Waals surface area contributed by atoms with Gasteiger partial charge in [-0.05, 0) is 25.5 Å². The second-order valence-corrected chi connectivity index (χ2v) is 6.04. The Morgan fingerprint density at radius 3 is 2.59 bits per heavy atom. The predicted octanol–water partition coefficient (Wildman–Crippen LogP) is 1.73. The molecule has 0 aromatic heterocycles. The van der Waals surface area contributed by atoms with E-state index in [0.29, 0.717) is 13.1 Å². The molecule has 5 heteroatoms. The van der Waals surface area contributed by atoms with E-state index in [-0.39, 0.29) is 10.6 Å². The Labute approximate surface area is 101 Å². The van der Waals surface area contributed by atoms with E-state index in [0.717, 1.165) is 6.42 Å². The van der Waals surface area contributed by atoms with Crippen LogP contribution in [0.2, 0.25) is 0 Å². The van der Waals surface area contributed by atoms with Crippen molar-refractivity contribution in [1.82, 2.24) is 4.31 Å². The van der Waals surface area contributed by atoms with Crippen LogP contribution in [0.1, 0.15) is 13.3 Å². The van der Waals surface area contributed by atoms with E-state index in [1.807, 2.05) is 13.0 Å². The lowest BCUT2D eigenvalue weighted by molar-refractivity contribution is 0.420. The third kappa shape index (κ3) is 2.35. The first kappa shape index (κ1) is 12.1. The monoisotopic (exact) mass is 253 g/mol. The van der Waals surface area contributed by atoms with Crippen molar-refractivity contribution in [3.8, 4) is 5.75 Å². The van der Waals surface area contributed by atoms with Crippen LogP contribution >= 0.6 is 0 Å². The summed E-state index contributed by atoms with van der Waals surface area (Å²) in [4.78, 5) is -0.0204. The quantitative estimate of drug-likeness (QED) is 0.817. The van der Waals surface area contributed by atoms with E-state index in [1.165, 1.54) is 22.0 Å². The summed E-state index contributed by atoms with van der Waals surface area (Å²) in [6, 6.07) is 6.03. The van der Waals surface area contributed by atoms with Gasteiger partial charge in [0.1, 0.15) is 10.6 Å². The van der Waals surface area contributed by atoms with Crippen LogP contribution in [0.3, 0.4) is 0 Å². The van der Waals surface area contributed by atoms with Gasteiger partial charge < -0.3 is 5.11 Å². The average Bonchev–Trinajstić information content (AvgIpc) is 2.30. The average molecular weight is 253 g/mol. The summed E-state index contributed by atoms with van der Waals surface area (Å²) in [7, 11) is -3.58. The molecule has 1 N–H and O–H groups in total. The summed E-state index contributed by atoms with van der Waals surface area (Å²) in [6.07, 6.45) is 2.65. The summed E-state index contributed by atoms with van der Waals surface area (Å²) in [5.74, 6) is -0.196. The van der Waals surface area contributed by atoms with E-state index in [9.17, 15) is 13.5 Å². The van der Waals surface area contributed by atoms with E-state index >= 15 is 0 Å². The van der Waals surface area contributed by atoms with E-state index in [2.05, 4.69) is 0 Å². The predicted molar refractivity (Wildman–Crippen MR) is 65.2 cm³/mol. The molecule has 92 valence electrons. The van der Waals surface area contributed by atoms with Crippen LogP contribution in [-0.4, -0.2) is 30.9 Å². The normalized spacial score (nSPS) is 17.8. The van der Waals surface area contributed by atoms with Gasteiger partial charge in [0.05, 0.1) is 0 Å². The van der Waals surface area contributed by atoms with Crippen molar-refractivity contribution in [2.24, 2.45) is 0 Å². The van der Waals surface area contributed by atoms with Gasteiger partial charge in [0.15, 0.2) is 0 Å². The van der Waals surface area contributed by atoms with Gasteiger partial charge in [0.25, 0.3) is 0 Å². The highest BCUT2D eigenvalue weighted by atomic mass is 32.2. The Balaban J connectivity index is 2.35. The molecule has 0 atom stereocenters. The molecule has 0 aliphatic carbocycles. The minimum Gasteiger partial charge on any atom is -0.507 e. The van der Waals surface area contributed by atoms with Crippen LogP contribution in [-0.2, 0) is 10.0 Å². The van der Waals surface area contributed by atoms with Gasteiger partial charge in [0, 0.05) is 13.1 Å². The molecule has 0 saturated heterocycles. The van der Waals surface area contributed by atoms with Crippen LogP contribution in [0.5, 0.6) is 5.75 Å². The maximum atomic E-state index is 12.3. The molecule has 1 heterocycles. The molecule has 4 nitrogen and oxygen atoms in total. The first-order valence-corrected chi connectivity index (χ1v) is 6.89. The fourth-order valence-corrected chi connectivity index (χ4v) is 3.25. The van der Waals surface area contributed by atoms with Crippen molar-refractivity contribution in [3.63, 3.8) is 0 Å². The highest BCUT2D eigenvalue weighted by Gasteiger charge is 2.27. The lowest BCUT2D eigenvalue weighted by atomic mass is 10.1. The number of rotatable bonds is 2. The Kier molecular flexibility index (Phi) is 3.22. The summed E-state index contributed by atoms with van der Waals surface area (Å²) >= 11 is 0. The number of hydrogen-bond acceptors (Lipinski definition) is 3. The molecule has 0 amide bonds. The molecule has 0 fully saturated rings. The molecular weight excluding hydrogens is 238 g/mol. The largest absolute Gasteiger partial charge is 0.507 e. The molecule has 0 radical (unpaired) electrons. The number of benzene rings is 1. The molecule has 1 aliphatic rings. The summed E-state index contributed by atoms with van der Waals surface area (Å²) in [6.45, 7) is 2.84. The second-order valence-electron chi connectivity index (χ2n) is 4.13. The Hall–Kier alpha value is -1.33. The van der Waals surface area contributed by atoms with Crippen LogP contribution in [0, 0.1) is 0 Å². The van der Waals surface area contributed by atoms with Gasteiger partial charge in [-0.15, -0.1) is 0 Å². The highest BCUT2D eigenvalue weighted by molar-refractivity contribution is 7.89. The fraction of sp³-hybridized carbons (Fsp3) is 0.333. The zero-order chi connectivity index (χ0) is 12.5. The summed E-state index contributed by atoms with van der Waals surface area (Å²) < 4.78 is 25.9. The Morgan fingerprint density at radius 2 is 2.00 bits per heavy atom. The Morgan fingerprint density at radius 1 is 1.29 bits per heavy atom. The van der Waals surface area contributed by atoms with E-state index in [1.54, 1.807) is 12.1 Å². The van der Waals surface area contributed by atoms with Crippen molar-refractivity contribution in [2.45, 2.75) is 18.2 Å². The molecule has 1 aromatic carbocycles. The standard InChI is InChI=1S/C12H15NO3S/c1-10-6-8-13(9-7-10)17(15,16)12-5-3-2-4-11(12)14/h2-6,14H,7-9H2,1H3. The van der Waals surface area contributed by atoms with Gasteiger partial charge in [-0.1, -0.05) is 23.8 Å². The SMILES string of the molecule is CC1=CCN(S(=O)(=O)c2ccccc2O)CC1. The zero-order valence-electron chi connectivity index (χ0n) is 9.63. The van der Waals surface area contributed by atoms with Gasteiger partial charge >= 0.3 is 0 Å². The molecule has 2 rings (SSSR count). The lowest BCUT2D eigenvalue weighted by Crippen LogP contribution is -2.34. The van der Waals surface area contributed by atoms with Crippen molar-refractivity contribution < 1.29 is 13.5 Å². The number of sulfonamides is 1. The second kappa shape index (κ2) is 4.50. The topological polar surface area (TPSA) is 57.6 Å². The smallest absolute Gasteiger partial charge is 0.247 e. The molecule has 0 unspecified atom stereocenters. The minimum atomic E-state index is -3.58. The number of phenols is 1. The van der Waals surface area contributed by atoms with Crippen LogP contribution in [0.25, 0.3) is 0 Å². The molecule has 1 aromatic rings. The number of phenolic OH excluding ortho intramolecular Hbond substituents is 1. The van der Waals surface area contributed by atoms with Gasteiger partial charge in [-0.2, -0.15) is 4.31 Å². The molecule has 0 bridgehead atoms. The molecular formula is C12H15NO3S. The van der Waals surface area contributed by atoms with Crippen molar-refractivity contribution in [2.75, 3.05) is 13.1 Å². The first-order chi connectivity index (χ1) is 8.01. The number of hydrogen-bond donors (Lipinski definition) is 1. The van der Waals surface area contributed by atoms with Gasteiger partial charge in [0.2, 0.25) is 10.0 Å². The fourth-order valence-electron chi connectivity index (χ4n) is 1.78. The minimum absolute atomic E-state index is 0.0204. The molecule has 17 heavy (non-hydrogen) atoms. The third-order valence-corrected chi connectivity index (χ3v) is 4.79. The maximum absolute atomic E-state index is 12.3. The summed E-state index contributed by atoms with van der Waals surface area (Å²) in [5, 5.41) is 9.61. The lowest BCUT2D eigenvalue weighted by Gasteiger charge is -2.24. The van der Waals surface area contributed by atoms with E-state index in [4.69, 9.17) is 0 Å². The maximum Gasteiger partial charge on any atom is 0.247 e. The van der Waals surface area contributed by atoms with Gasteiger partial charge in [-0.25, -0.2) is 8.42 Å². The van der Waals surface area contributed by atoms with Crippen LogP contribution in [0.4, 0.5) is 0 Å². The summed E-state index contributed by atoms with van der Waals surface area (Å²) in [5.41, 5.74) is 1.20. The zero-order valence-corrected chi connectivity index (χ0v) is 10.4. The van der Waals surface area contributed by atoms with Crippen molar-refractivity contribution in [1.29, 1.82) is 0 Å². The number of para-hydroxylation sites is 1.